The summed E-state index contributed by atoms with van der Waals surface area (Å²) in [6.45, 7) is 7.39. The molecule has 1 aromatic heterocycles. The Balaban J connectivity index is 1.71. The van der Waals surface area contributed by atoms with Crippen LogP contribution in [0.15, 0.2) is 22.8 Å². The van der Waals surface area contributed by atoms with E-state index in [1.165, 1.54) is 4.90 Å². The van der Waals surface area contributed by atoms with Gasteiger partial charge in [-0.25, -0.2) is 9.78 Å². The lowest BCUT2D eigenvalue weighted by molar-refractivity contribution is -0.143. The maximum atomic E-state index is 13.8. The van der Waals surface area contributed by atoms with Gasteiger partial charge in [-0.1, -0.05) is 46.6 Å². The monoisotopic (exact) mass is 634 g/mol. The van der Waals surface area contributed by atoms with E-state index in [9.17, 15) is 28.8 Å². The predicted octanol–water partition coefficient (Wildman–Crippen LogP) is 1.85. The number of hydrogen-bond donors (Lipinski definition) is 4. The summed E-state index contributed by atoms with van der Waals surface area (Å²) in [4.78, 5) is 82.5. The summed E-state index contributed by atoms with van der Waals surface area (Å²) in [5, 5.41) is 8.02. The average Bonchev–Trinajstić information content (AvgIpc) is 3.59. The molecule has 3 unspecified atom stereocenters. The molecule has 2 fully saturated rings. The highest BCUT2D eigenvalue weighted by Crippen LogP contribution is 2.34. The van der Waals surface area contributed by atoms with Gasteiger partial charge < -0.3 is 26.6 Å². The number of Topliss-reactive ketones (excluding diaryl/α,β-unsaturated/α-hetero) is 2. The highest BCUT2D eigenvalue weighted by Gasteiger charge is 2.43. The fraction of sp³-hybridized carbons (Fsp3) is 0.607. The van der Waals surface area contributed by atoms with Gasteiger partial charge in [0.15, 0.2) is 0 Å². The molecule has 0 radical (unpaired) electrons. The molecule has 1 saturated carbocycles. The fourth-order valence-electron chi connectivity index (χ4n) is 4.88. The van der Waals surface area contributed by atoms with Gasteiger partial charge in [0.05, 0.1) is 12.1 Å². The number of primary amides is 1. The number of nitrogens with two attached hydrogens (primary N) is 1. The Bertz CT molecular complexity index is 1200. The van der Waals surface area contributed by atoms with Gasteiger partial charge in [-0.05, 0) is 65.1 Å². The summed E-state index contributed by atoms with van der Waals surface area (Å²) in [6, 6.07) is 0.416. The second kappa shape index (κ2) is 13.5. The Hall–Kier alpha value is -3.35. The van der Waals surface area contributed by atoms with Crippen LogP contribution in [0, 0.1) is 11.3 Å². The number of nitrogens with zero attached hydrogens (tertiary/aromatic N) is 2. The van der Waals surface area contributed by atoms with Crippen molar-refractivity contribution in [2.45, 2.75) is 90.4 Å². The second-order valence-electron chi connectivity index (χ2n) is 11.7. The number of rotatable bonds is 12. The summed E-state index contributed by atoms with van der Waals surface area (Å²) >= 11 is 3.24. The van der Waals surface area contributed by atoms with Crippen molar-refractivity contribution in [3.05, 3.63) is 28.5 Å². The molecule has 0 aromatic carbocycles. The van der Waals surface area contributed by atoms with Gasteiger partial charge in [0, 0.05) is 6.54 Å². The minimum absolute atomic E-state index is 0.190. The number of likely N-dealkylation sites (tertiary alicyclic amines) is 1. The summed E-state index contributed by atoms with van der Waals surface area (Å²) in [6.07, 6.45) is 3.38. The number of halogens is 1. The molecule has 1 saturated heterocycles. The molecule has 1 aliphatic heterocycles. The molecule has 0 bridgehead atoms. The SMILES string of the molecule is CCC(NC(=O)NC(C(=O)N1CCC[C@H]1C(=O)NC(CC1CC1)C(=O)C(N)=O)C(C)(C)C)C(=O)c1cccc(Br)n1. The van der Waals surface area contributed by atoms with Crippen molar-refractivity contribution >= 4 is 51.2 Å². The van der Waals surface area contributed by atoms with Gasteiger partial charge in [-0.3, -0.25) is 24.0 Å². The smallest absolute Gasteiger partial charge is 0.316 e. The lowest BCUT2D eigenvalue weighted by Gasteiger charge is -2.36. The largest absolute Gasteiger partial charge is 0.363 e. The van der Waals surface area contributed by atoms with Crippen molar-refractivity contribution in [3.63, 3.8) is 0 Å². The molecular weight excluding hydrogens is 596 g/mol. The zero-order valence-corrected chi connectivity index (χ0v) is 25.5. The third-order valence-corrected chi connectivity index (χ3v) is 7.81. The third kappa shape index (κ3) is 8.57. The van der Waals surface area contributed by atoms with Crippen LogP contribution in [-0.2, 0) is 19.2 Å². The van der Waals surface area contributed by atoms with Gasteiger partial charge in [-0.15, -0.1) is 0 Å². The summed E-state index contributed by atoms with van der Waals surface area (Å²) < 4.78 is 0.489. The number of ketones is 2. The molecule has 2 heterocycles. The number of aromatic nitrogens is 1. The molecule has 2 aliphatic rings. The van der Waals surface area contributed by atoms with Crippen molar-refractivity contribution < 1.29 is 28.8 Å². The molecular formula is C28H39BrN6O6. The number of urea groups is 1. The first-order valence-electron chi connectivity index (χ1n) is 13.9. The third-order valence-electron chi connectivity index (χ3n) is 7.37. The van der Waals surface area contributed by atoms with Gasteiger partial charge in [-0.2, -0.15) is 0 Å². The van der Waals surface area contributed by atoms with Crippen molar-refractivity contribution in [3.8, 4) is 0 Å². The molecule has 4 atom stereocenters. The zero-order chi connectivity index (χ0) is 30.5. The van der Waals surface area contributed by atoms with Gasteiger partial charge in [0.1, 0.15) is 22.4 Å². The van der Waals surface area contributed by atoms with Crippen LogP contribution in [0.1, 0.15) is 76.7 Å². The first-order valence-corrected chi connectivity index (χ1v) is 14.7. The normalized spacial score (nSPS) is 19.0. The van der Waals surface area contributed by atoms with E-state index in [1.54, 1.807) is 45.9 Å². The Morgan fingerprint density at radius 1 is 1.05 bits per heavy atom. The standard InChI is InChI=1S/C28H39BrN6O6/c1-5-16(21(36)17-8-6-10-20(29)31-17)33-27(41)34-23(28(2,3)4)26(40)35-13-7-9-19(35)25(39)32-18(14-15-11-12-15)22(37)24(30)38/h6,8,10,15-16,18-19,23H,5,7,9,11-14H2,1-4H3,(H2,30,38)(H,32,39)(H2,33,34,41)/t16?,18?,19-,23?/m0/s1. The van der Waals surface area contributed by atoms with Crippen LogP contribution in [0.4, 0.5) is 4.79 Å². The summed E-state index contributed by atoms with van der Waals surface area (Å²) in [7, 11) is 0. The average molecular weight is 636 g/mol. The molecule has 224 valence electrons. The number of hydrogen-bond acceptors (Lipinski definition) is 7. The van der Waals surface area contributed by atoms with Crippen LogP contribution < -0.4 is 21.7 Å². The second-order valence-corrected chi connectivity index (χ2v) is 12.6. The van der Waals surface area contributed by atoms with E-state index in [2.05, 4.69) is 36.9 Å². The maximum Gasteiger partial charge on any atom is 0.316 e. The van der Waals surface area contributed by atoms with E-state index in [1.807, 2.05) is 0 Å². The predicted molar refractivity (Wildman–Crippen MR) is 153 cm³/mol. The highest BCUT2D eigenvalue weighted by atomic mass is 79.9. The van der Waals surface area contributed by atoms with Crippen LogP contribution in [0.25, 0.3) is 0 Å². The molecule has 13 heteroatoms. The van der Waals surface area contributed by atoms with E-state index >= 15 is 0 Å². The van der Waals surface area contributed by atoms with Crippen molar-refractivity contribution in [2.24, 2.45) is 17.1 Å². The zero-order valence-electron chi connectivity index (χ0n) is 23.9. The fourth-order valence-corrected chi connectivity index (χ4v) is 5.23. The molecule has 1 aliphatic carbocycles. The van der Waals surface area contributed by atoms with E-state index in [-0.39, 0.29) is 23.9 Å². The van der Waals surface area contributed by atoms with Gasteiger partial charge in [0.25, 0.3) is 5.91 Å². The molecule has 41 heavy (non-hydrogen) atoms. The first-order chi connectivity index (χ1) is 19.2. The molecule has 1 aromatic rings. The molecule has 3 rings (SSSR count). The Kier molecular flexibility index (Phi) is 10.6. The van der Waals surface area contributed by atoms with E-state index in [4.69, 9.17) is 5.73 Å². The van der Waals surface area contributed by atoms with Crippen molar-refractivity contribution in [1.29, 1.82) is 0 Å². The van der Waals surface area contributed by atoms with Crippen LogP contribution in [0.3, 0.4) is 0 Å². The van der Waals surface area contributed by atoms with Crippen LogP contribution in [-0.4, -0.2) is 75.9 Å². The minimum atomic E-state index is -1.11. The molecule has 5 N–H and O–H groups in total. The first kappa shape index (κ1) is 32.2. The van der Waals surface area contributed by atoms with Crippen LogP contribution in [0.2, 0.25) is 0 Å². The van der Waals surface area contributed by atoms with Crippen LogP contribution in [0.5, 0.6) is 0 Å². The number of carbonyl (C=O) groups excluding carboxylic acids is 6. The molecule has 5 amide bonds. The summed E-state index contributed by atoms with van der Waals surface area (Å²) in [5.74, 6) is -3.09. The van der Waals surface area contributed by atoms with E-state index in [0.29, 0.717) is 30.3 Å². The van der Waals surface area contributed by atoms with Crippen LogP contribution >= 0.6 is 15.9 Å². The number of pyridine rings is 1. The summed E-state index contributed by atoms with van der Waals surface area (Å²) in [5.41, 5.74) is 4.64. The van der Waals surface area contributed by atoms with Gasteiger partial charge in [0.2, 0.25) is 23.4 Å². The number of amides is 5. The lowest BCUT2D eigenvalue weighted by Crippen LogP contribution is -2.60. The Morgan fingerprint density at radius 3 is 2.29 bits per heavy atom. The Morgan fingerprint density at radius 2 is 1.73 bits per heavy atom. The number of carbonyl (C=O) groups is 6. The Labute approximate surface area is 248 Å². The maximum absolute atomic E-state index is 13.8. The minimum Gasteiger partial charge on any atom is -0.363 e. The number of nitrogens with one attached hydrogen (secondary N) is 3. The van der Waals surface area contributed by atoms with E-state index in [0.717, 1.165) is 12.8 Å². The lowest BCUT2D eigenvalue weighted by atomic mass is 9.85. The quantitative estimate of drug-likeness (QED) is 0.154. The van der Waals surface area contributed by atoms with E-state index < -0.39 is 59.1 Å². The van der Waals surface area contributed by atoms with Crippen molar-refractivity contribution in [1.82, 2.24) is 25.8 Å². The van der Waals surface area contributed by atoms with Crippen molar-refractivity contribution in [2.75, 3.05) is 6.54 Å². The molecule has 12 nitrogen and oxygen atoms in total. The van der Waals surface area contributed by atoms with Gasteiger partial charge >= 0.3 is 6.03 Å². The topological polar surface area (TPSA) is 181 Å². The molecule has 0 spiro atoms. The highest BCUT2D eigenvalue weighted by molar-refractivity contribution is 9.10.